The second kappa shape index (κ2) is 6.20. The summed E-state index contributed by atoms with van der Waals surface area (Å²) in [4.78, 5) is 2.98. The maximum atomic E-state index is 5.99. The molecule has 0 amide bonds. The molecule has 0 saturated heterocycles. The van der Waals surface area contributed by atoms with Crippen LogP contribution in [0.3, 0.4) is 0 Å². The fraction of sp³-hybridized carbons (Fsp3) is 0.444. The topological polar surface area (TPSA) is 21.3 Å². The van der Waals surface area contributed by atoms with Crippen LogP contribution in [-0.4, -0.2) is 13.2 Å². The highest BCUT2D eigenvalue weighted by molar-refractivity contribution is 7.12. The van der Waals surface area contributed by atoms with Crippen molar-refractivity contribution < 1.29 is 4.74 Å². The lowest BCUT2D eigenvalue weighted by Crippen LogP contribution is -2.18. The average molecular weight is 301 g/mol. The molecule has 1 atom stereocenters. The van der Waals surface area contributed by atoms with Crippen LogP contribution in [0.2, 0.25) is 0 Å². The zero-order valence-electron chi connectivity index (χ0n) is 13.0. The molecule has 0 saturated carbocycles. The minimum atomic E-state index is 0.192. The highest BCUT2D eigenvalue weighted by Gasteiger charge is 2.22. The molecule has 1 aromatic heterocycles. The maximum Gasteiger partial charge on any atom is 0.124 e. The van der Waals surface area contributed by atoms with Gasteiger partial charge in [0.25, 0.3) is 0 Å². The van der Waals surface area contributed by atoms with Crippen molar-refractivity contribution >= 4 is 11.3 Å². The van der Waals surface area contributed by atoms with Crippen LogP contribution in [0.25, 0.3) is 0 Å². The van der Waals surface area contributed by atoms with Gasteiger partial charge in [-0.15, -0.1) is 11.3 Å². The van der Waals surface area contributed by atoms with E-state index in [2.05, 4.69) is 43.4 Å². The van der Waals surface area contributed by atoms with Crippen molar-refractivity contribution in [1.29, 1.82) is 0 Å². The van der Waals surface area contributed by atoms with Gasteiger partial charge in [0.05, 0.1) is 12.1 Å². The Morgan fingerprint density at radius 3 is 2.71 bits per heavy atom. The number of fused-ring (bicyclic) bond motifs is 1. The number of ether oxygens (including phenoxy) is 1. The van der Waals surface area contributed by atoms with Crippen molar-refractivity contribution in [3.05, 3.63) is 51.2 Å². The molecule has 1 aromatic carbocycles. The lowest BCUT2D eigenvalue weighted by Gasteiger charge is -2.20. The number of hydrogen-bond donors (Lipinski definition) is 1. The molecule has 2 nitrogen and oxygen atoms in total. The highest BCUT2D eigenvalue weighted by Crippen LogP contribution is 2.38. The van der Waals surface area contributed by atoms with E-state index in [0.717, 1.165) is 5.75 Å². The van der Waals surface area contributed by atoms with Crippen LogP contribution in [0.5, 0.6) is 5.75 Å². The van der Waals surface area contributed by atoms with Crippen molar-refractivity contribution in [2.45, 2.75) is 45.3 Å². The summed E-state index contributed by atoms with van der Waals surface area (Å²) in [5.41, 5.74) is 2.78. The van der Waals surface area contributed by atoms with E-state index in [1.807, 2.05) is 24.5 Å². The van der Waals surface area contributed by atoms with E-state index in [9.17, 15) is 0 Å². The van der Waals surface area contributed by atoms with Gasteiger partial charge in [-0.3, -0.25) is 0 Å². The molecular formula is C18H23NOS. The minimum Gasteiger partial charge on any atom is -0.491 e. The molecule has 1 unspecified atom stereocenters. The van der Waals surface area contributed by atoms with Gasteiger partial charge in [0.2, 0.25) is 0 Å². The molecular weight excluding hydrogens is 278 g/mol. The minimum absolute atomic E-state index is 0.192. The maximum absolute atomic E-state index is 5.99. The molecule has 3 heteroatoms. The number of nitrogens with one attached hydrogen (secondary N) is 1. The third-order valence-corrected chi connectivity index (χ3v) is 5.23. The Morgan fingerprint density at radius 2 is 2.00 bits per heavy atom. The highest BCUT2D eigenvalue weighted by atomic mass is 32.1. The Morgan fingerprint density at radius 1 is 1.19 bits per heavy atom. The normalized spacial score (nSPS) is 15.2. The van der Waals surface area contributed by atoms with Crippen LogP contribution < -0.4 is 10.1 Å². The van der Waals surface area contributed by atoms with Gasteiger partial charge in [0, 0.05) is 15.3 Å². The van der Waals surface area contributed by atoms with E-state index in [0.29, 0.717) is 0 Å². The molecule has 0 spiro atoms. The molecule has 2 aromatic rings. The molecule has 112 valence electrons. The molecule has 0 radical (unpaired) electrons. The number of aryl methyl sites for hydroxylation is 2. The Labute approximate surface area is 131 Å². The van der Waals surface area contributed by atoms with Crippen molar-refractivity contribution in [1.82, 2.24) is 5.32 Å². The third kappa shape index (κ3) is 2.99. The van der Waals surface area contributed by atoms with E-state index in [-0.39, 0.29) is 12.1 Å². The lowest BCUT2D eigenvalue weighted by atomic mass is 10.0. The van der Waals surface area contributed by atoms with Crippen molar-refractivity contribution in [2.75, 3.05) is 7.05 Å². The number of hydrogen-bond acceptors (Lipinski definition) is 3. The Balaban J connectivity index is 1.95. The number of para-hydroxylation sites is 1. The fourth-order valence-electron chi connectivity index (χ4n) is 3.03. The van der Waals surface area contributed by atoms with E-state index in [4.69, 9.17) is 4.74 Å². The monoisotopic (exact) mass is 301 g/mol. The summed E-state index contributed by atoms with van der Waals surface area (Å²) in [6.45, 7) is 4.15. The molecule has 3 rings (SSSR count). The molecule has 1 N–H and O–H groups in total. The third-order valence-electron chi connectivity index (χ3n) is 3.93. The lowest BCUT2D eigenvalue weighted by molar-refractivity contribution is 0.239. The summed E-state index contributed by atoms with van der Waals surface area (Å²) < 4.78 is 5.99. The SMILES string of the molecule is CNC(c1cc2c(s1)CCC2)c1ccccc1OC(C)C. The van der Waals surface area contributed by atoms with Crippen molar-refractivity contribution in [2.24, 2.45) is 0 Å². The van der Waals surface area contributed by atoms with E-state index in [1.54, 1.807) is 10.4 Å². The van der Waals surface area contributed by atoms with Crippen LogP contribution in [-0.2, 0) is 12.8 Å². The van der Waals surface area contributed by atoms with Gasteiger partial charge in [0.1, 0.15) is 5.75 Å². The molecule has 1 heterocycles. The summed E-state index contributed by atoms with van der Waals surface area (Å²) in [6.07, 6.45) is 4.00. The van der Waals surface area contributed by atoms with E-state index in [1.165, 1.54) is 29.7 Å². The molecule has 0 bridgehead atoms. The standard InChI is InChI=1S/C18H23NOS/c1-12(2)20-15-9-5-4-8-14(15)18(19-3)17-11-13-7-6-10-16(13)21-17/h4-5,8-9,11-12,18-19H,6-7,10H2,1-3H3. The first kappa shape index (κ1) is 14.6. The number of thiophene rings is 1. The quantitative estimate of drug-likeness (QED) is 0.887. The second-order valence-electron chi connectivity index (χ2n) is 5.88. The second-order valence-corrected chi connectivity index (χ2v) is 7.05. The largest absolute Gasteiger partial charge is 0.491 e. The summed E-state index contributed by atoms with van der Waals surface area (Å²) in [7, 11) is 2.03. The van der Waals surface area contributed by atoms with E-state index < -0.39 is 0 Å². The first-order valence-corrected chi connectivity index (χ1v) is 8.55. The van der Waals surface area contributed by atoms with Crippen LogP contribution >= 0.6 is 11.3 Å². The van der Waals surface area contributed by atoms with Gasteiger partial charge in [0.15, 0.2) is 0 Å². The smallest absolute Gasteiger partial charge is 0.124 e. The van der Waals surface area contributed by atoms with Gasteiger partial charge >= 0.3 is 0 Å². The van der Waals surface area contributed by atoms with Gasteiger partial charge in [-0.2, -0.15) is 0 Å². The molecule has 1 aliphatic carbocycles. The summed E-state index contributed by atoms with van der Waals surface area (Å²) in [6, 6.07) is 11.0. The van der Waals surface area contributed by atoms with Gasteiger partial charge in [-0.1, -0.05) is 18.2 Å². The van der Waals surface area contributed by atoms with E-state index >= 15 is 0 Å². The molecule has 0 fully saturated rings. The van der Waals surface area contributed by atoms with Gasteiger partial charge < -0.3 is 10.1 Å². The Hall–Kier alpha value is -1.32. The summed E-state index contributed by atoms with van der Waals surface area (Å²) in [5, 5.41) is 3.47. The fourth-order valence-corrected chi connectivity index (χ4v) is 4.41. The number of rotatable bonds is 5. The van der Waals surface area contributed by atoms with Crippen LogP contribution in [0, 0.1) is 0 Å². The first-order chi connectivity index (χ1) is 10.2. The predicted octanol–water partition coefficient (Wildman–Crippen LogP) is 4.33. The first-order valence-electron chi connectivity index (χ1n) is 7.73. The molecule has 21 heavy (non-hydrogen) atoms. The zero-order chi connectivity index (χ0) is 14.8. The van der Waals surface area contributed by atoms with Crippen LogP contribution in [0.4, 0.5) is 0 Å². The van der Waals surface area contributed by atoms with Crippen molar-refractivity contribution in [3.63, 3.8) is 0 Å². The zero-order valence-corrected chi connectivity index (χ0v) is 13.8. The van der Waals surface area contributed by atoms with Crippen molar-refractivity contribution in [3.8, 4) is 5.75 Å². The summed E-state index contributed by atoms with van der Waals surface area (Å²) in [5.74, 6) is 0.986. The molecule has 1 aliphatic rings. The average Bonchev–Trinajstić information content (AvgIpc) is 3.02. The van der Waals surface area contributed by atoms with Crippen LogP contribution in [0.1, 0.15) is 47.2 Å². The Kier molecular flexibility index (Phi) is 4.32. The van der Waals surface area contributed by atoms with Gasteiger partial charge in [-0.25, -0.2) is 0 Å². The number of benzene rings is 1. The Bertz CT molecular complexity index is 596. The predicted molar refractivity (Wildman–Crippen MR) is 89.5 cm³/mol. The van der Waals surface area contributed by atoms with Crippen LogP contribution in [0.15, 0.2) is 30.3 Å². The summed E-state index contributed by atoms with van der Waals surface area (Å²) >= 11 is 1.96. The molecule has 0 aliphatic heterocycles. The van der Waals surface area contributed by atoms with Gasteiger partial charge in [-0.05, 0) is 57.9 Å².